The third-order valence-electron chi connectivity index (χ3n) is 3.47. The molecule has 0 aliphatic carbocycles. The summed E-state index contributed by atoms with van der Waals surface area (Å²) in [7, 11) is -0.692. The number of aromatic amines is 1. The van der Waals surface area contributed by atoms with Crippen molar-refractivity contribution in [3.63, 3.8) is 0 Å². The van der Waals surface area contributed by atoms with Gasteiger partial charge in [0.15, 0.2) is 0 Å². The highest BCUT2D eigenvalue weighted by Gasteiger charge is 2.22. The van der Waals surface area contributed by atoms with Crippen LogP contribution >= 0.6 is 8.30 Å². The van der Waals surface area contributed by atoms with E-state index in [4.69, 9.17) is 4.52 Å². The first kappa shape index (κ1) is 15.5. The normalized spacial score (nSPS) is 13.2. The second-order valence-corrected chi connectivity index (χ2v) is 6.67. The molecule has 110 valence electrons. The zero-order valence-electron chi connectivity index (χ0n) is 12.7. The Bertz CT molecular complexity index is 522. The quantitative estimate of drug-likeness (QED) is 0.581. The lowest BCUT2D eigenvalue weighted by molar-refractivity contribution is 0.310. The molecular formula is C16H25N2OP. The van der Waals surface area contributed by atoms with Crippen molar-refractivity contribution in [2.45, 2.75) is 33.6 Å². The van der Waals surface area contributed by atoms with Gasteiger partial charge in [-0.2, -0.15) is 0 Å². The lowest BCUT2D eigenvalue weighted by Gasteiger charge is -2.28. The molecule has 1 atom stereocenters. The first-order valence-corrected chi connectivity index (χ1v) is 8.77. The van der Waals surface area contributed by atoms with Gasteiger partial charge in [0.2, 0.25) is 0 Å². The van der Waals surface area contributed by atoms with Gasteiger partial charge in [-0.1, -0.05) is 45.4 Å². The van der Waals surface area contributed by atoms with E-state index in [-0.39, 0.29) is 0 Å². The summed E-state index contributed by atoms with van der Waals surface area (Å²) in [6.45, 7) is 9.50. The summed E-state index contributed by atoms with van der Waals surface area (Å²) in [6.07, 6.45) is 4.43. The van der Waals surface area contributed by atoms with Crippen LogP contribution in [0.5, 0.6) is 0 Å². The number of rotatable bonds is 8. The van der Waals surface area contributed by atoms with Crippen molar-refractivity contribution in [3.05, 3.63) is 30.5 Å². The number of hydrogen-bond acceptors (Lipinski definition) is 2. The van der Waals surface area contributed by atoms with E-state index < -0.39 is 8.30 Å². The molecule has 0 aliphatic heterocycles. The first-order chi connectivity index (χ1) is 9.81. The van der Waals surface area contributed by atoms with Crippen LogP contribution in [0.3, 0.4) is 0 Å². The number of fused-ring (bicyclic) bond motifs is 1. The molecule has 0 saturated carbocycles. The Kier molecular flexibility index (Phi) is 6.03. The second kappa shape index (κ2) is 7.78. The van der Waals surface area contributed by atoms with Gasteiger partial charge in [-0.15, -0.1) is 0 Å². The number of para-hydroxylation sites is 1. The summed E-state index contributed by atoms with van der Waals surface area (Å²) in [5.74, 6) is 0. The molecule has 1 aromatic heterocycles. The van der Waals surface area contributed by atoms with E-state index in [1.807, 2.05) is 0 Å². The molecule has 2 aromatic rings. The lowest BCUT2D eigenvalue weighted by Crippen LogP contribution is -2.24. The molecule has 3 nitrogen and oxygen atoms in total. The predicted molar refractivity (Wildman–Crippen MR) is 88.6 cm³/mol. The van der Waals surface area contributed by atoms with Gasteiger partial charge < -0.3 is 9.51 Å². The Morgan fingerprint density at radius 2 is 1.90 bits per heavy atom. The molecular weight excluding hydrogens is 267 g/mol. The number of nitrogens with one attached hydrogen (secondary N) is 1. The highest BCUT2D eigenvalue weighted by Crippen LogP contribution is 2.42. The van der Waals surface area contributed by atoms with Gasteiger partial charge in [0, 0.05) is 35.5 Å². The van der Waals surface area contributed by atoms with Crippen LogP contribution in [0.15, 0.2) is 30.5 Å². The van der Waals surface area contributed by atoms with Crippen LogP contribution in [-0.4, -0.2) is 29.4 Å². The summed E-state index contributed by atoms with van der Waals surface area (Å²) >= 11 is 0. The van der Waals surface area contributed by atoms with Gasteiger partial charge in [0.05, 0.1) is 6.61 Å². The Balaban J connectivity index is 2.29. The monoisotopic (exact) mass is 292 g/mol. The van der Waals surface area contributed by atoms with Crippen molar-refractivity contribution in [2.75, 3.05) is 19.7 Å². The van der Waals surface area contributed by atoms with Crippen molar-refractivity contribution in [3.8, 4) is 0 Å². The smallest absolute Gasteiger partial charge is 0.139 e. The van der Waals surface area contributed by atoms with Crippen molar-refractivity contribution in [1.82, 2.24) is 9.65 Å². The molecule has 4 heteroatoms. The average molecular weight is 292 g/mol. The molecule has 1 unspecified atom stereocenters. The molecule has 0 amide bonds. The van der Waals surface area contributed by atoms with E-state index in [1.54, 1.807) is 0 Å². The fraction of sp³-hybridized carbons (Fsp3) is 0.500. The van der Waals surface area contributed by atoms with Crippen LogP contribution in [-0.2, 0) is 4.52 Å². The SMILES string of the molecule is CCCCOP(c1c[nH]c2ccccc12)N(CC)CC. The maximum absolute atomic E-state index is 6.25. The van der Waals surface area contributed by atoms with E-state index >= 15 is 0 Å². The Labute approximate surface area is 123 Å². The molecule has 0 spiro atoms. The number of unbranched alkanes of at least 4 members (excludes halogenated alkanes) is 1. The largest absolute Gasteiger partial charge is 0.360 e. The van der Waals surface area contributed by atoms with Crippen molar-refractivity contribution in [1.29, 1.82) is 0 Å². The fourth-order valence-corrected chi connectivity index (χ4v) is 4.29. The second-order valence-electron chi connectivity index (χ2n) is 4.82. The maximum Gasteiger partial charge on any atom is 0.139 e. The molecule has 0 fully saturated rings. The number of benzene rings is 1. The zero-order chi connectivity index (χ0) is 14.4. The maximum atomic E-state index is 6.25. The molecule has 0 saturated heterocycles. The van der Waals surface area contributed by atoms with Crippen LogP contribution in [0.2, 0.25) is 0 Å². The molecule has 0 bridgehead atoms. The first-order valence-electron chi connectivity index (χ1n) is 7.55. The molecule has 1 aromatic carbocycles. The van der Waals surface area contributed by atoms with Gasteiger partial charge in [-0.05, 0) is 12.5 Å². The van der Waals surface area contributed by atoms with Crippen LogP contribution < -0.4 is 5.30 Å². The Morgan fingerprint density at radius 1 is 1.15 bits per heavy atom. The van der Waals surface area contributed by atoms with Crippen molar-refractivity contribution in [2.24, 2.45) is 0 Å². The number of hydrogen-bond donors (Lipinski definition) is 1. The van der Waals surface area contributed by atoms with Crippen molar-refractivity contribution < 1.29 is 4.52 Å². The third-order valence-corrected chi connectivity index (χ3v) is 5.76. The number of H-pyrrole nitrogens is 1. The van der Waals surface area contributed by atoms with Gasteiger partial charge in [0.1, 0.15) is 8.30 Å². The Morgan fingerprint density at radius 3 is 2.60 bits per heavy atom. The number of nitrogens with zero attached hydrogens (tertiary/aromatic N) is 1. The van der Waals surface area contributed by atoms with Gasteiger partial charge in [-0.3, -0.25) is 4.67 Å². The minimum Gasteiger partial charge on any atom is -0.360 e. The van der Waals surface area contributed by atoms with E-state index in [2.05, 4.69) is 60.9 Å². The minimum absolute atomic E-state index is 0.692. The lowest BCUT2D eigenvalue weighted by atomic mass is 10.2. The van der Waals surface area contributed by atoms with E-state index in [0.29, 0.717) is 0 Å². The molecule has 20 heavy (non-hydrogen) atoms. The summed E-state index contributed by atoms with van der Waals surface area (Å²) in [6, 6.07) is 8.48. The molecule has 1 N–H and O–H groups in total. The van der Waals surface area contributed by atoms with E-state index in [0.717, 1.165) is 26.1 Å². The van der Waals surface area contributed by atoms with E-state index in [9.17, 15) is 0 Å². The number of aromatic nitrogens is 1. The van der Waals surface area contributed by atoms with Crippen molar-refractivity contribution >= 4 is 24.5 Å². The van der Waals surface area contributed by atoms with Crippen LogP contribution in [0.4, 0.5) is 0 Å². The summed E-state index contributed by atoms with van der Waals surface area (Å²) in [5.41, 5.74) is 1.20. The summed E-state index contributed by atoms with van der Waals surface area (Å²) in [5, 5.41) is 2.61. The topological polar surface area (TPSA) is 28.3 Å². The Hall–Kier alpha value is -0.890. The molecule has 1 heterocycles. The van der Waals surface area contributed by atoms with E-state index in [1.165, 1.54) is 22.6 Å². The average Bonchev–Trinajstić information content (AvgIpc) is 2.91. The van der Waals surface area contributed by atoms with Crippen LogP contribution in [0.1, 0.15) is 33.6 Å². The highest BCUT2D eigenvalue weighted by atomic mass is 31.2. The molecule has 0 radical (unpaired) electrons. The predicted octanol–water partition coefficient (Wildman–Crippen LogP) is 4.26. The van der Waals surface area contributed by atoms with Crippen LogP contribution in [0.25, 0.3) is 10.9 Å². The zero-order valence-corrected chi connectivity index (χ0v) is 13.6. The molecule has 2 rings (SSSR count). The van der Waals surface area contributed by atoms with Crippen LogP contribution in [0, 0.1) is 0 Å². The fourth-order valence-electron chi connectivity index (χ4n) is 2.29. The summed E-state index contributed by atoms with van der Waals surface area (Å²) in [4.78, 5) is 3.37. The van der Waals surface area contributed by atoms with Gasteiger partial charge in [0.25, 0.3) is 0 Å². The highest BCUT2D eigenvalue weighted by molar-refractivity contribution is 7.59. The standard InChI is InChI=1S/C16H25N2OP/c1-4-7-12-19-20(18(5-2)6-3)16-13-17-15-11-9-8-10-14(15)16/h8-11,13,17H,4-7,12H2,1-3H3. The van der Waals surface area contributed by atoms with Gasteiger partial charge in [-0.25, -0.2) is 0 Å². The molecule has 0 aliphatic rings. The summed E-state index contributed by atoms with van der Waals surface area (Å²) < 4.78 is 8.68. The third kappa shape index (κ3) is 3.41. The van der Waals surface area contributed by atoms with Gasteiger partial charge >= 0.3 is 0 Å². The minimum atomic E-state index is -0.692.